The minimum Gasteiger partial charge on any atom is -0.366 e. The first kappa shape index (κ1) is 22.0. The van der Waals surface area contributed by atoms with Crippen molar-refractivity contribution in [2.45, 2.75) is 6.92 Å². The number of aryl methyl sites for hydroxylation is 1. The number of fused-ring (bicyclic) bond motifs is 1. The lowest BCUT2D eigenvalue weighted by Gasteiger charge is -2.14. The maximum absolute atomic E-state index is 13.3. The summed E-state index contributed by atoms with van der Waals surface area (Å²) in [7, 11) is 0. The van der Waals surface area contributed by atoms with Gasteiger partial charge in [0, 0.05) is 34.3 Å². The van der Waals surface area contributed by atoms with Gasteiger partial charge >= 0.3 is 0 Å². The predicted octanol–water partition coefficient (Wildman–Crippen LogP) is 5.69. The van der Waals surface area contributed by atoms with E-state index in [0.717, 1.165) is 27.9 Å². The van der Waals surface area contributed by atoms with Crippen molar-refractivity contribution in [1.29, 1.82) is 0 Å². The fourth-order valence-corrected chi connectivity index (χ4v) is 4.11. The number of amides is 1. The number of hydrogen-bond acceptors (Lipinski definition) is 4. The van der Waals surface area contributed by atoms with Gasteiger partial charge in [-0.3, -0.25) is 9.20 Å². The summed E-state index contributed by atoms with van der Waals surface area (Å²) >= 11 is 0. The van der Waals surface area contributed by atoms with Gasteiger partial charge in [-0.15, -0.1) is 10.2 Å². The molecular weight excluding hydrogens is 441 g/mol. The first-order valence-corrected chi connectivity index (χ1v) is 11.0. The van der Waals surface area contributed by atoms with Crippen molar-refractivity contribution in [1.82, 2.24) is 14.6 Å². The van der Waals surface area contributed by atoms with E-state index in [2.05, 4.69) is 22.1 Å². The van der Waals surface area contributed by atoms with Crippen molar-refractivity contribution in [3.8, 4) is 22.5 Å². The molecule has 0 atom stereocenters. The molecule has 35 heavy (non-hydrogen) atoms. The lowest BCUT2D eigenvalue weighted by molar-refractivity contribution is 0.100. The van der Waals surface area contributed by atoms with Crippen LogP contribution in [0.5, 0.6) is 0 Å². The summed E-state index contributed by atoms with van der Waals surface area (Å²) in [5.41, 5.74) is 12.4. The average molecular weight is 464 g/mol. The molecule has 0 radical (unpaired) electrons. The third-order valence-corrected chi connectivity index (χ3v) is 5.88. The fraction of sp³-hybridized carbons (Fsp3) is 0.0357. The molecule has 2 aromatic heterocycles. The van der Waals surface area contributed by atoms with Crippen molar-refractivity contribution < 1.29 is 9.18 Å². The number of carbonyl (C=O) groups is 1. The number of aromatic nitrogens is 3. The molecule has 0 unspecified atom stereocenters. The molecule has 3 aromatic carbocycles. The molecule has 172 valence electrons. The molecule has 0 aliphatic heterocycles. The number of halogens is 1. The quantitative estimate of drug-likeness (QED) is 0.339. The van der Waals surface area contributed by atoms with Crippen molar-refractivity contribution in [3.63, 3.8) is 0 Å². The van der Waals surface area contributed by atoms with Crippen molar-refractivity contribution >= 4 is 22.9 Å². The molecule has 5 rings (SSSR count). The van der Waals surface area contributed by atoms with Crippen LogP contribution in [0.1, 0.15) is 21.5 Å². The van der Waals surface area contributed by atoms with Crippen LogP contribution in [0.15, 0.2) is 91.6 Å². The van der Waals surface area contributed by atoms with Crippen LogP contribution in [-0.2, 0) is 0 Å². The van der Waals surface area contributed by atoms with Gasteiger partial charge in [0.2, 0.25) is 5.91 Å². The summed E-state index contributed by atoms with van der Waals surface area (Å²) in [4.78, 5) is 12.0. The summed E-state index contributed by atoms with van der Waals surface area (Å²) < 4.78 is 15.1. The second-order valence-corrected chi connectivity index (χ2v) is 8.19. The Morgan fingerprint density at radius 1 is 0.943 bits per heavy atom. The van der Waals surface area contributed by atoms with Gasteiger partial charge in [-0.1, -0.05) is 36.9 Å². The number of nitrogens with two attached hydrogens (primary N) is 1. The van der Waals surface area contributed by atoms with Gasteiger partial charge in [-0.2, -0.15) is 0 Å². The number of rotatable bonds is 6. The summed E-state index contributed by atoms with van der Waals surface area (Å²) in [6, 6.07) is 23.2. The van der Waals surface area contributed by atoms with Gasteiger partial charge in [-0.25, -0.2) is 4.39 Å². The highest BCUT2D eigenvalue weighted by atomic mass is 19.1. The number of pyridine rings is 1. The van der Waals surface area contributed by atoms with Gasteiger partial charge in [0.15, 0.2) is 11.5 Å². The van der Waals surface area contributed by atoms with Gasteiger partial charge in [0.25, 0.3) is 0 Å². The van der Waals surface area contributed by atoms with E-state index in [1.54, 1.807) is 30.3 Å². The fourth-order valence-electron chi connectivity index (χ4n) is 4.11. The predicted molar refractivity (Wildman–Crippen MR) is 136 cm³/mol. The highest BCUT2D eigenvalue weighted by Gasteiger charge is 2.17. The zero-order valence-corrected chi connectivity index (χ0v) is 19.0. The third-order valence-electron chi connectivity index (χ3n) is 5.88. The molecule has 5 aromatic rings. The van der Waals surface area contributed by atoms with Crippen LogP contribution in [0.3, 0.4) is 0 Å². The standard InChI is InChI=1S/C28H22FN5O/c1-17-9-10-19(16-25(17)18(2)31-21-13-11-20(29)12-14-21)22-8-5-15-34-27(22)32-33-28(34)24-7-4-3-6-23(24)26(30)35/h3-16,31H,2H2,1H3,(H2,30,35). The topological polar surface area (TPSA) is 85.3 Å². The third kappa shape index (κ3) is 4.15. The van der Waals surface area contributed by atoms with Crippen LogP contribution in [0.25, 0.3) is 33.9 Å². The first-order chi connectivity index (χ1) is 16.9. The Bertz CT molecular complexity index is 1590. The van der Waals surface area contributed by atoms with Crippen LogP contribution in [0.4, 0.5) is 10.1 Å². The second-order valence-electron chi connectivity index (χ2n) is 8.19. The largest absolute Gasteiger partial charge is 0.366 e. The van der Waals surface area contributed by atoms with Crippen LogP contribution >= 0.6 is 0 Å². The van der Waals surface area contributed by atoms with Crippen molar-refractivity contribution in [2.24, 2.45) is 5.73 Å². The molecule has 0 saturated carbocycles. The molecule has 2 heterocycles. The maximum atomic E-state index is 13.3. The number of nitrogens with one attached hydrogen (secondary N) is 1. The number of carbonyl (C=O) groups excluding carboxylic acids is 1. The molecule has 3 N–H and O–H groups in total. The smallest absolute Gasteiger partial charge is 0.249 e. The first-order valence-electron chi connectivity index (χ1n) is 11.0. The van der Waals surface area contributed by atoms with E-state index in [4.69, 9.17) is 5.73 Å². The van der Waals surface area contributed by atoms with Crippen LogP contribution in [0.2, 0.25) is 0 Å². The molecule has 1 amide bonds. The Hall–Kier alpha value is -4.78. The van der Waals surface area contributed by atoms with Crippen molar-refractivity contribution in [2.75, 3.05) is 5.32 Å². The normalized spacial score (nSPS) is 10.9. The summed E-state index contributed by atoms with van der Waals surface area (Å²) in [5, 5.41) is 12.1. The molecule has 0 saturated heterocycles. The van der Waals surface area contributed by atoms with Gasteiger partial charge in [0.1, 0.15) is 5.82 Å². The lowest BCUT2D eigenvalue weighted by Crippen LogP contribution is -2.12. The summed E-state index contributed by atoms with van der Waals surface area (Å²) in [6.07, 6.45) is 1.86. The average Bonchev–Trinajstić information content (AvgIpc) is 3.30. The van der Waals surface area contributed by atoms with Gasteiger partial charge in [0.05, 0.1) is 5.56 Å². The number of primary amides is 1. The number of nitrogens with zero attached hydrogens (tertiary/aromatic N) is 3. The van der Waals surface area contributed by atoms with E-state index in [9.17, 15) is 9.18 Å². The summed E-state index contributed by atoms with van der Waals surface area (Å²) in [5.74, 6) is -0.284. The van der Waals surface area contributed by atoms with E-state index in [-0.39, 0.29) is 5.82 Å². The van der Waals surface area contributed by atoms with Gasteiger partial charge < -0.3 is 11.1 Å². The molecule has 6 nitrogen and oxygen atoms in total. The summed E-state index contributed by atoms with van der Waals surface area (Å²) in [6.45, 7) is 6.20. The Kier molecular flexibility index (Phi) is 5.58. The number of hydrogen-bond donors (Lipinski definition) is 2. The number of anilines is 1. The van der Waals surface area contributed by atoms with E-state index in [1.165, 1.54) is 12.1 Å². The van der Waals surface area contributed by atoms with Crippen LogP contribution in [-0.4, -0.2) is 20.5 Å². The zero-order valence-electron chi connectivity index (χ0n) is 19.0. The molecule has 7 heteroatoms. The van der Waals surface area contributed by atoms with Crippen molar-refractivity contribution in [3.05, 3.63) is 114 Å². The lowest BCUT2D eigenvalue weighted by atomic mass is 9.98. The Labute approximate surface area is 201 Å². The minimum atomic E-state index is -0.524. The zero-order chi connectivity index (χ0) is 24.5. The van der Waals surface area contributed by atoms with Crippen LogP contribution < -0.4 is 11.1 Å². The molecule has 0 spiro atoms. The molecule has 0 aliphatic carbocycles. The second kappa shape index (κ2) is 8.87. The van der Waals surface area contributed by atoms with E-state index >= 15 is 0 Å². The van der Waals surface area contributed by atoms with E-state index in [0.29, 0.717) is 28.3 Å². The number of benzene rings is 3. The Balaban J connectivity index is 1.56. The molecule has 0 bridgehead atoms. The molecule has 0 fully saturated rings. The molecule has 0 aliphatic rings. The monoisotopic (exact) mass is 463 g/mol. The minimum absolute atomic E-state index is 0.293. The SMILES string of the molecule is C=C(Nc1ccc(F)cc1)c1cc(-c2cccn3c(-c4ccccc4C(N)=O)nnc23)ccc1C. The Morgan fingerprint density at radius 2 is 1.69 bits per heavy atom. The molecular formula is C28H22FN5O. The van der Waals surface area contributed by atoms with E-state index < -0.39 is 5.91 Å². The highest BCUT2D eigenvalue weighted by molar-refractivity contribution is 5.99. The Morgan fingerprint density at radius 3 is 2.46 bits per heavy atom. The van der Waals surface area contributed by atoms with Crippen LogP contribution in [0, 0.1) is 12.7 Å². The highest BCUT2D eigenvalue weighted by Crippen LogP contribution is 2.31. The van der Waals surface area contributed by atoms with E-state index in [1.807, 2.05) is 53.9 Å². The maximum Gasteiger partial charge on any atom is 0.249 e. The van der Waals surface area contributed by atoms with Gasteiger partial charge in [-0.05, 0) is 66.6 Å².